The molecule has 0 aromatic heterocycles. The summed E-state index contributed by atoms with van der Waals surface area (Å²) in [5.74, 6) is -1.19. The van der Waals surface area contributed by atoms with E-state index >= 15 is 0 Å². The highest BCUT2D eigenvalue weighted by molar-refractivity contribution is 9.10. The van der Waals surface area contributed by atoms with E-state index in [1.165, 1.54) is 18.2 Å². The summed E-state index contributed by atoms with van der Waals surface area (Å²) in [7, 11) is 0. The fraction of sp³-hybridized carbons (Fsp3) is 0.276. The molecule has 0 aliphatic rings. The van der Waals surface area contributed by atoms with E-state index in [9.17, 15) is 33.0 Å². The summed E-state index contributed by atoms with van der Waals surface area (Å²) in [5.41, 5.74) is 2.74. The van der Waals surface area contributed by atoms with Crippen LogP contribution in [0.2, 0.25) is 5.02 Å². The van der Waals surface area contributed by atoms with Crippen LogP contribution in [0.25, 0.3) is 0 Å². The van der Waals surface area contributed by atoms with Crippen LogP contribution in [-0.4, -0.2) is 58.4 Å². The van der Waals surface area contributed by atoms with E-state index in [0.717, 1.165) is 23.9 Å². The maximum absolute atomic E-state index is 13.1. The summed E-state index contributed by atoms with van der Waals surface area (Å²) >= 11 is 8.92. The first-order valence-electron chi connectivity index (χ1n) is 12.7. The summed E-state index contributed by atoms with van der Waals surface area (Å²) in [6, 6.07) is 14.6. The number of carbonyl (C=O) groups is 2. The van der Waals surface area contributed by atoms with Crippen molar-refractivity contribution in [2.45, 2.75) is 38.8 Å². The number of carbonyl (C=O) groups excluding carboxylic acids is 2. The fourth-order valence-corrected chi connectivity index (χ4v) is 4.63. The van der Waals surface area contributed by atoms with Gasteiger partial charge in [0.25, 0.3) is 11.8 Å². The van der Waals surface area contributed by atoms with Gasteiger partial charge >= 0.3 is 6.18 Å². The van der Waals surface area contributed by atoms with Gasteiger partial charge in [0.05, 0.1) is 40.3 Å². The number of benzene rings is 3. The Kier molecular flexibility index (Phi) is 11.7. The number of aliphatic hydroxyl groups is 2. The van der Waals surface area contributed by atoms with Crippen LogP contribution in [0.5, 0.6) is 0 Å². The summed E-state index contributed by atoms with van der Waals surface area (Å²) in [4.78, 5) is 27.7. The van der Waals surface area contributed by atoms with E-state index in [1.54, 1.807) is 44.2 Å². The number of hydrogen-bond acceptors (Lipinski definition) is 6. The van der Waals surface area contributed by atoms with Crippen molar-refractivity contribution in [2.75, 3.05) is 18.4 Å². The average molecular weight is 670 g/mol. The highest BCUT2D eigenvalue weighted by Crippen LogP contribution is 2.34. The topological polar surface area (TPSA) is 114 Å². The number of nitrogens with one attached hydrogen (secondary N) is 2. The minimum atomic E-state index is -4.65. The molecular weight excluding hydrogens is 641 g/mol. The smallest absolute Gasteiger partial charge is 0.392 e. The van der Waals surface area contributed by atoms with Gasteiger partial charge in [0, 0.05) is 29.7 Å². The molecule has 0 aliphatic heterocycles. The molecule has 0 saturated carbocycles. The number of hydrazone groups is 1. The maximum atomic E-state index is 13.1. The predicted molar refractivity (Wildman–Crippen MR) is 159 cm³/mol. The van der Waals surface area contributed by atoms with Gasteiger partial charge in [0.15, 0.2) is 0 Å². The number of hydrogen-bond donors (Lipinski definition) is 4. The fourth-order valence-electron chi connectivity index (χ4n) is 4.04. The molecule has 3 aromatic rings. The van der Waals surface area contributed by atoms with Gasteiger partial charge < -0.3 is 15.5 Å². The van der Waals surface area contributed by atoms with Crippen molar-refractivity contribution in [3.8, 4) is 0 Å². The lowest BCUT2D eigenvalue weighted by Crippen LogP contribution is -2.35. The zero-order valence-corrected chi connectivity index (χ0v) is 25.0. The van der Waals surface area contributed by atoms with Gasteiger partial charge in [-0.25, -0.2) is 5.43 Å². The van der Waals surface area contributed by atoms with Crippen LogP contribution in [0.1, 0.15) is 51.3 Å². The molecule has 42 heavy (non-hydrogen) atoms. The quantitative estimate of drug-likeness (QED) is 0.155. The number of aliphatic hydroxyl groups excluding tert-OH is 2. The summed E-state index contributed by atoms with van der Waals surface area (Å²) in [5, 5.41) is 25.5. The molecule has 224 valence electrons. The highest BCUT2D eigenvalue weighted by Gasteiger charge is 2.33. The Balaban J connectivity index is 1.70. The molecule has 0 bridgehead atoms. The number of anilines is 1. The molecule has 4 N–H and O–H groups in total. The molecule has 0 heterocycles. The molecule has 0 fully saturated rings. The molecule has 0 radical (unpaired) electrons. The molecule has 3 rings (SSSR count). The highest BCUT2D eigenvalue weighted by atomic mass is 79.9. The van der Waals surface area contributed by atoms with E-state index in [4.69, 9.17) is 11.6 Å². The molecule has 8 nitrogen and oxygen atoms in total. The van der Waals surface area contributed by atoms with Crippen LogP contribution < -0.4 is 10.7 Å². The Morgan fingerprint density at radius 2 is 1.64 bits per heavy atom. The molecule has 2 amide bonds. The Morgan fingerprint density at radius 3 is 2.24 bits per heavy atom. The van der Waals surface area contributed by atoms with Crippen LogP contribution >= 0.6 is 27.5 Å². The van der Waals surface area contributed by atoms with Crippen LogP contribution in [0.4, 0.5) is 18.9 Å². The predicted octanol–water partition coefficient (Wildman–Crippen LogP) is 5.70. The molecule has 3 aromatic carbocycles. The SMILES string of the molecule is CC(O)CN(Cc1ccc(C(=O)Nc2ccc(Br)cc2C(=O)N/N=C/c2ccc(Cl)c(C(F)(F)F)c2)cc1)CC(C)O. The standard InChI is InChI=1S/C29H29BrClF3N4O4/c1-17(39)14-38(15-18(2)40)16-19-3-6-21(7-4-19)27(41)36-26-10-8-22(30)12-23(26)28(42)37-35-13-20-5-9-25(31)24(11-20)29(32,33)34/h3-13,17-18,39-40H,14-16H2,1-2H3,(H,36,41)(H,37,42)/b35-13+. The van der Waals surface area contributed by atoms with Crippen molar-refractivity contribution in [3.05, 3.63) is 98.0 Å². The van der Waals surface area contributed by atoms with Crippen molar-refractivity contribution >= 4 is 51.2 Å². The lowest BCUT2D eigenvalue weighted by Gasteiger charge is -2.25. The number of amides is 2. The zero-order chi connectivity index (χ0) is 31.0. The van der Waals surface area contributed by atoms with E-state index in [2.05, 4.69) is 31.8 Å². The molecular formula is C29H29BrClF3N4O4. The van der Waals surface area contributed by atoms with Gasteiger partial charge in [0.1, 0.15) is 0 Å². The third-order valence-electron chi connectivity index (χ3n) is 5.82. The number of halogens is 5. The summed E-state index contributed by atoms with van der Waals surface area (Å²) in [6.45, 7) is 4.54. The second-order valence-electron chi connectivity index (χ2n) is 9.67. The Morgan fingerprint density at radius 1 is 1.00 bits per heavy atom. The third kappa shape index (κ3) is 9.92. The van der Waals surface area contributed by atoms with Crippen LogP contribution in [0.3, 0.4) is 0 Å². The monoisotopic (exact) mass is 668 g/mol. The van der Waals surface area contributed by atoms with Crippen LogP contribution in [0.15, 0.2) is 70.2 Å². The van der Waals surface area contributed by atoms with Crippen molar-refractivity contribution in [1.29, 1.82) is 0 Å². The van der Waals surface area contributed by atoms with E-state index in [-0.39, 0.29) is 16.8 Å². The largest absolute Gasteiger partial charge is 0.417 e. The lowest BCUT2D eigenvalue weighted by atomic mass is 10.1. The number of rotatable bonds is 11. The number of alkyl halides is 3. The van der Waals surface area contributed by atoms with E-state index < -0.39 is 40.8 Å². The van der Waals surface area contributed by atoms with Crippen molar-refractivity contribution in [2.24, 2.45) is 5.10 Å². The molecule has 0 saturated heterocycles. The molecule has 0 spiro atoms. The van der Waals surface area contributed by atoms with Gasteiger partial charge in [-0.2, -0.15) is 18.3 Å². The normalized spacial score (nSPS) is 13.3. The van der Waals surface area contributed by atoms with Gasteiger partial charge in [-0.1, -0.05) is 45.7 Å². The minimum Gasteiger partial charge on any atom is -0.392 e. The Labute approximate surface area is 254 Å². The Bertz CT molecular complexity index is 1420. The molecule has 2 unspecified atom stereocenters. The lowest BCUT2D eigenvalue weighted by molar-refractivity contribution is -0.137. The first-order chi connectivity index (χ1) is 19.7. The maximum Gasteiger partial charge on any atom is 0.417 e. The number of nitrogens with zero attached hydrogens (tertiary/aromatic N) is 2. The van der Waals surface area contributed by atoms with E-state index in [1.807, 2.05) is 4.90 Å². The second kappa shape index (κ2) is 14.7. The van der Waals surface area contributed by atoms with Gasteiger partial charge in [-0.3, -0.25) is 14.5 Å². The van der Waals surface area contributed by atoms with Gasteiger partial charge in [-0.05, 0) is 67.4 Å². The van der Waals surface area contributed by atoms with E-state index in [0.29, 0.717) is 29.7 Å². The zero-order valence-electron chi connectivity index (χ0n) is 22.6. The van der Waals surface area contributed by atoms with Crippen LogP contribution in [0, 0.1) is 0 Å². The average Bonchev–Trinajstić information content (AvgIpc) is 2.89. The van der Waals surface area contributed by atoms with Gasteiger partial charge in [-0.15, -0.1) is 0 Å². The summed E-state index contributed by atoms with van der Waals surface area (Å²) < 4.78 is 39.9. The first-order valence-corrected chi connectivity index (χ1v) is 13.9. The minimum absolute atomic E-state index is 0.0606. The van der Waals surface area contributed by atoms with Crippen LogP contribution in [-0.2, 0) is 12.7 Å². The van der Waals surface area contributed by atoms with Crippen molar-refractivity contribution in [3.63, 3.8) is 0 Å². The van der Waals surface area contributed by atoms with Gasteiger partial charge in [0.2, 0.25) is 0 Å². The third-order valence-corrected chi connectivity index (χ3v) is 6.64. The van der Waals surface area contributed by atoms with Crippen molar-refractivity contribution in [1.82, 2.24) is 10.3 Å². The first kappa shape index (κ1) is 33.2. The van der Waals surface area contributed by atoms with Crippen molar-refractivity contribution < 1.29 is 33.0 Å². The molecule has 2 atom stereocenters. The summed E-state index contributed by atoms with van der Waals surface area (Å²) in [6.07, 6.45) is -4.75. The molecule has 13 heteroatoms. The second-order valence-corrected chi connectivity index (χ2v) is 11.0. The molecule has 0 aliphatic carbocycles. The Hall–Kier alpha value is -3.29.